The van der Waals surface area contributed by atoms with E-state index in [0.29, 0.717) is 5.65 Å². The Labute approximate surface area is 103 Å². The first-order valence-corrected chi connectivity index (χ1v) is 5.96. The molecule has 18 heavy (non-hydrogen) atoms. The SMILES string of the molecule is O=C(O)c1nnc2ccc(N3CCCCC3)nn12. The molecule has 0 spiro atoms. The zero-order valence-corrected chi connectivity index (χ0v) is 9.78. The van der Waals surface area contributed by atoms with Gasteiger partial charge in [-0.15, -0.1) is 15.3 Å². The first kappa shape index (κ1) is 10.9. The number of carboxylic acids is 1. The second-order valence-corrected chi connectivity index (χ2v) is 4.34. The van der Waals surface area contributed by atoms with Crippen LogP contribution in [0.1, 0.15) is 29.9 Å². The summed E-state index contributed by atoms with van der Waals surface area (Å²) >= 11 is 0. The third kappa shape index (κ3) is 1.77. The number of carbonyl (C=O) groups is 1. The van der Waals surface area contributed by atoms with Gasteiger partial charge < -0.3 is 10.0 Å². The van der Waals surface area contributed by atoms with Crippen LogP contribution in [0.3, 0.4) is 0 Å². The predicted octanol–water partition coefficient (Wildman–Crippen LogP) is 0.813. The molecular formula is C11H13N5O2. The molecule has 2 aromatic rings. The molecule has 0 aromatic carbocycles. The van der Waals surface area contributed by atoms with Crippen molar-refractivity contribution in [2.24, 2.45) is 0 Å². The molecule has 0 unspecified atom stereocenters. The standard InChI is InChI=1S/C11H13N5O2/c17-11(18)10-13-12-8-4-5-9(14-16(8)10)15-6-2-1-3-7-15/h4-5H,1-3,6-7H2,(H,17,18). The lowest BCUT2D eigenvalue weighted by Crippen LogP contribution is -2.30. The van der Waals surface area contributed by atoms with E-state index in [1.165, 1.54) is 10.9 Å². The highest BCUT2D eigenvalue weighted by atomic mass is 16.4. The van der Waals surface area contributed by atoms with Crippen molar-refractivity contribution in [3.8, 4) is 0 Å². The van der Waals surface area contributed by atoms with Crippen molar-refractivity contribution in [3.05, 3.63) is 18.0 Å². The van der Waals surface area contributed by atoms with E-state index in [-0.39, 0.29) is 5.82 Å². The zero-order chi connectivity index (χ0) is 12.5. The van der Waals surface area contributed by atoms with Gasteiger partial charge in [-0.25, -0.2) is 4.79 Å². The highest BCUT2D eigenvalue weighted by molar-refractivity contribution is 5.84. The summed E-state index contributed by atoms with van der Waals surface area (Å²) in [6, 6.07) is 3.61. The first-order chi connectivity index (χ1) is 8.75. The van der Waals surface area contributed by atoms with Crippen LogP contribution >= 0.6 is 0 Å². The molecule has 2 aromatic heterocycles. The van der Waals surface area contributed by atoms with E-state index in [1.807, 2.05) is 6.07 Å². The maximum absolute atomic E-state index is 11.0. The van der Waals surface area contributed by atoms with Crippen molar-refractivity contribution in [2.45, 2.75) is 19.3 Å². The quantitative estimate of drug-likeness (QED) is 0.845. The lowest BCUT2D eigenvalue weighted by molar-refractivity contribution is 0.0680. The maximum Gasteiger partial charge on any atom is 0.375 e. The summed E-state index contributed by atoms with van der Waals surface area (Å²) in [5.41, 5.74) is 0.452. The number of fused-ring (bicyclic) bond motifs is 1. The molecule has 0 radical (unpaired) electrons. The van der Waals surface area contributed by atoms with Crippen molar-refractivity contribution in [1.29, 1.82) is 0 Å². The zero-order valence-electron chi connectivity index (χ0n) is 9.78. The summed E-state index contributed by atoms with van der Waals surface area (Å²) < 4.78 is 1.28. The van der Waals surface area contributed by atoms with Crippen molar-refractivity contribution in [1.82, 2.24) is 19.8 Å². The number of carboxylic acid groups (broad SMARTS) is 1. The number of aromatic nitrogens is 4. The van der Waals surface area contributed by atoms with E-state index in [2.05, 4.69) is 20.2 Å². The van der Waals surface area contributed by atoms with E-state index < -0.39 is 5.97 Å². The predicted molar refractivity (Wildman–Crippen MR) is 63.8 cm³/mol. The van der Waals surface area contributed by atoms with Gasteiger partial charge in [0.1, 0.15) is 5.82 Å². The monoisotopic (exact) mass is 247 g/mol. The minimum absolute atomic E-state index is 0.149. The lowest BCUT2D eigenvalue weighted by atomic mass is 10.1. The first-order valence-electron chi connectivity index (χ1n) is 5.96. The van der Waals surface area contributed by atoms with Crippen molar-refractivity contribution in [3.63, 3.8) is 0 Å². The number of hydrogen-bond donors (Lipinski definition) is 1. The van der Waals surface area contributed by atoms with Gasteiger partial charge in [0.25, 0.3) is 5.82 Å². The molecule has 0 aliphatic carbocycles. The molecule has 0 saturated carbocycles. The fraction of sp³-hybridized carbons (Fsp3) is 0.455. The Morgan fingerprint density at radius 2 is 1.94 bits per heavy atom. The molecule has 0 bridgehead atoms. The van der Waals surface area contributed by atoms with Crippen LogP contribution in [0.25, 0.3) is 5.65 Å². The van der Waals surface area contributed by atoms with Crippen LogP contribution in [0.5, 0.6) is 0 Å². The number of piperidine rings is 1. The number of nitrogens with zero attached hydrogens (tertiary/aromatic N) is 5. The third-order valence-corrected chi connectivity index (χ3v) is 3.12. The Morgan fingerprint density at radius 1 is 1.17 bits per heavy atom. The second-order valence-electron chi connectivity index (χ2n) is 4.34. The van der Waals surface area contributed by atoms with E-state index in [1.54, 1.807) is 6.07 Å². The van der Waals surface area contributed by atoms with Crippen LogP contribution in [-0.4, -0.2) is 44.0 Å². The van der Waals surface area contributed by atoms with Crippen LogP contribution < -0.4 is 4.90 Å². The van der Waals surface area contributed by atoms with Gasteiger partial charge >= 0.3 is 5.97 Å². The number of hydrogen-bond acceptors (Lipinski definition) is 5. The summed E-state index contributed by atoms with van der Waals surface area (Å²) in [6.07, 6.45) is 3.53. The van der Waals surface area contributed by atoms with Crippen LogP contribution in [0.15, 0.2) is 12.1 Å². The van der Waals surface area contributed by atoms with E-state index in [4.69, 9.17) is 5.11 Å². The topological polar surface area (TPSA) is 83.6 Å². The maximum atomic E-state index is 11.0. The normalized spacial score (nSPS) is 16.1. The highest BCUT2D eigenvalue weighted by Crippen LogP contribution is 2.17. The van der Waals surface area contributed by atoms with Gasteiger partial charge in [-0.3, -0.25) is 0 Å². The third-order valence-electron chi connectivity index (χ3n) is 3.12. The Bertz CT molecular complexity index is 588. The van der Waals surface area contributed by atoms with Crippen molar-refractivity contribution in [2.75, 3.05) is 18.0 Å². The van der Waals surface area contributed by atoms with Gasteiger partial charge in [-0.1, -0.05) is 0 Å². The van der Waals surface area contributed by atoms with Crippen LogP contribution in [-0.2, 0) is 0 Å². The second kappa shape index (κ2) is 4.25. The fourth-order valence-electron chi connectivity index (χ4n) is 2.20. The van der Waals surface area contributed by atoms with E-state index >= 15 is 0 Å². The van der Waals surface area contributed by atoms with Crippen molar-refractivity contribution < 1.29 is 9.90 Å². The van der Waals surface area contributed by atoms with E-state index in [9.17, 15) is 4.79 Å². The molecule has 1 fully saturated rings. The molecular weight excluding hydrogens is 234 g/mol. The summed E-state index contributed by atoms with van der Waals surface area (Å²) in [4.78, 5) is 13.1. The van der Waals surface area contributed by atoms with Crippen molar-refractivity contribution >= 4 is 17.4 Å². The lowest BCUT2D eigenvalue weighted by Gasteiger charge is -2.27. The summed E-state index contributed by atoms with van der Waals surface area (Å²) in [6.45, 7) is 1.92. The van der Waals surface area contributed by atoms with Gasteiger partial charge in [0, 0.05) is 13.1 Å². The number of aromatic carboxylic acids is 1. The number of anilines is 1. The largest absolute Gasteiger partial charge is 0.475 e. The Kier molecular flexibility index (Phi) is 2.58. The molecule has 7 nitrogen and oxygen atoms in total. The van der Waals surface area contributed by atoms with Gasteiger partial charge in [0.2, 0.25) is 0 Å². The molecule has 0 atom stereocenters. The fourth-order valence-corrected chi connectivity index (χ4v) is 2.20. The smallest absolute Gasteiger partial charge is 0.375 e. The molecule has 1 aliphatic rings. The summed E-state index contributed by atoms with van der Waals surface area (Å²) in [7, 11) is 0. The Hall–Kier alpha value is -2.18. The molecule has 1 aliphatic heterocycles. The summed E-state index contributed by atoms with van der Waals surface area (Å²) in [5, 5.41) is 20.7. The number of rotatable bonds is 2. The van der Waals surface area contributed by atoms with Crippen LogP contribution in [0, 0.1) is 0 Å². The van der Waals surface area contributed by atoms with Gasteiger partial charge in [0.15, 0.2) is 5.65 Å². The average molecular weight is 247 g/mol. The van der Waals surface area contributed by atoms with Gasteiger partial charge in [-0.2, -0.15) is 4.52 Å². The van der Waals surface area contributed by atoms with E-state index in [0.717, 1.165) is 31.7 Å². The Balaban J connectivity index is 2.03. The minimum atomic E-state index is -1.12. The molecule has 7 heteroatoms. The van der Waals surface area contributed by atoms with Crippen LogP contribution in [0.4, 0.5) is 5.82 Å². The van der Waals surface area contributed by atoms with Gasteiger partial charge in [-0.05, 0) is 31.4 Å². The summed E-state index contributed by atoms with van der Waals surface area (Å²) in [5.74, 6) is -0.487. The molecule has 3 rings (SSSR count). The minimum Gasteiger partial charge on any atom is -0.475 e. The highest BCUT2D eigenvalue weighted by Gasteiger charge is 2.17. The molecule has 3 heterocycles. The Morgan fingerprint density at radius 3 is 2.67 bits per heavy atom. The molecule has 94 valence electrons. The molecule has 0 amide bonds. The average Bonchev–Trinajstić information content (AvgIpc) is 2.82. The molecule has 1 N–H and O–H groups in total. The van der Waals surface area contributed by atoms with Gasteiger partial charge in [0.05, 0.1) is 0 Å². The molecule has 1 saturated heterocycles. The van der Waals surface area contributed by atoms with Crippen LogP contribution in [0.2, 0.25) is 0 Å².